The Bertz CT molecular complexity index is 260. The molecular formula is C16H32N2. The molecule has 1 saturated heterocycles. The quantitative estimate of drug-likeness (QED) is 0.832. The van der Waals surface area contributed by atoms with Crippen LogP contribution in [0, 0.1) is 17.3 Å². The average Bonchev–Trinajstić information content (AvgIpc) is 2.78. The van der Waals surface area contributed by atoms with Gasteiger partial charge in [-0.05, 0) is 62.3 Å². The maximum absolute atomic E-state index is 6.33. The zero-order chi connectivity index (χ0) is 13.2. The Labute approximate surface area is 113 Å². The highest BCUT2D eigenvalue weighted by atomic mass is 15.2. The van der Waals surface area contributed by atoms with Gasteiger partial charge in [-0.25, -0.2) is 0 Å². The third-order valence-electron chi connectivity index (χ3n) is 5.81. The van der Waals surface area contributed by atoms with Gasteiger partial charge in [0.25, 0.3) is 0 Å². The zero-order valence-electron chi connectivity index (χ0n) is 12.6. The minimum atomic E-state index is 0.458. The first-order valence-corrected chi connectivity index (χ1v) is 8.06. The first kappa shape index (κ1) is 14.3. The molecule has 0 aromatic rings. The number of likely N-dealkylation sites (tertiary alicyclic amines) is 1. The first-order chi connectivity index (χ1) is 8.58. The molecule has 18 heavy (non-hydrogen) atoms. The van der Waals surface area contributed by atoms with Crippen molar-refractivity contribution in [3.8, 4) is 0 Å². The molecule has 0 amide bonds. The van der Waals surface area contributed by atoms with Gasteiger partial charge in [0, 0.05) is 19.1 Å². The Balaban J connectivity index is 1.87. The Morgan fingerprint density at radius 2 is 1.94 bits per heavy atom. The molecule has 0 aromatic carbocycles. The van der Waals surface area contributed by atoms with Gasteiger partial charge in [0.2, 0.25) is 0 Å². The van der Waals surface area contributed by atoms with Crippen LogP contribution in [0.15, 0.2) is 0 Å². The van der Waals surface area contributed by atoms with Crippen LogP contribution in [0.4, 0.5) is 0 Å². The van der Waals surface area contributed by atoms with Gasteiger partial charge in [0.15, 0.2) is 0 Å². The Morgan fingerprint density at radius 1 is 1.22 bits per heavy atom. The molecule has 2 fully saturated rings. The molecule has 3 unspecified atom stereocenters. The molecule has 3 atom stereocenters. The molecule has 2 N–H and O–H groups in total. The molecule has 2 rings (SSSR count). The maximum Gasteiger partial charge on any atom is 0.00795 e. The molecular weight excluding hydrogens is 220 g/mol. The van der Waals surface area contributed by atoms with Crippen molar-refractivity contribution < 1.29 is 0 Å². The summed E-state index contributed by atoms with van der Waals surface area (Å²) in [6.45, 7) is 11.0. The van der Waals surface area contributed by atoms with Gasteiger partial charge in [-0.2, -0.15) is 0 Å². The molecule has 1 aliphatic carbocycles. The predicted octanol–water partition coefficient (Wildman–Crippen LogP) is 3.26. The standard InChI is InChI=1S/C16H32N2/c1-4-16(5-2)8-9-18(12-16)11-14-10-13(3)6-7-15(14)17/h13-15H,4-12,17H2,1-3H3. The fraction of sp³-hybridized carbons (Fsp3) is 1.00. The van der Waals surface area contributed by atoms with E-state index >= 15 is 0 Å². The largest absolute Gasteiger partial charge is 0.327 e. The summed E-state index contributed by atoms with van der Waals surface area (Å²) in [5.41, 5.74) is 6.94. The fourth-order valence-corrected chi connectivity index (χ4v) is 4.07. The smallest absolute Gasteiger partial charge is 0.00795 e. The Morgan fingerprint density at radius 3 is 2.56 bits per heavy atom. The van der Waals surface area contributed by atoms with Crippen molar-refractivity contribution in [2.75, 3.05) is 19.6 Å². The van der Waals surface area contributed by atoms with E-state index in [0.29, 0.717) is 11.5 Å². The van der Waals surface area contributed by atoms with Crippen LogP contribution in [0.25, 0.3) is 0 Å². The van der Waals surface area contributed by atoms with Crippen molar-refractivity contribution in [2.24, 2.45) is 23.0 Å². The number of hydrogen-bond donors (Lipinski definition) is 1. The number of hydrogen-bond acceptors (Lipinski definition) is 2. The minimum absolute atomic E-state index is 0.458. The second-order valence-electron chi connectivity index (χ2n) is 7.03. The van der Waals surface area contributed by atoms with E-state index in [1.807, 2.05) is 0 Å². The molecule has 2 aliphatic rings. The summed E-state index contributed by atoms with van der Waals surface area (Å²) in [5, 5.41) is 0. The second-order valence-corrected chi connectivity index (χ2v) is 7.03. The molecule has 1 heterocycles. The lowest BCUT2D eigenvalue weighted by Crippen LogP contribution is -2.42. The number of rotatable bonds is 4. The van der Waals surface area contributed by atoms with Crippen molar-refractivity contribution in [3.05, 3.63) is 0 Å². The summed E-state index contributed by atoms with van der Waals surface area (Å²) in [6, 6.07) is 0.458. The third kappa shape index (κ3) is 3.08. The average molecular weight is 252 g/mol. The van der Waals surface area contributed by atoms with Crippen molar-refractivity contribution in [1.29, 1.82) is 0 Å². The van der Waals surface area contributed by atoms with Crippen LogP contribution < -0.4 is 5.73 Å². The molecule has 106 valence electrons. The van der Waals surface area contributed by atoms with E-state index in [9.17, 15) is 0 Å². The first-order valence-electron chi connectivity index (χ1n) is 8.06. The topological polar surface area (TPSA) is 29.3 Å². The second kappa shape index (κ2) is 5.92. The molecule has 0 aromatic heterocycles. The zero-order valence-corrected chi connectivity index (χ0v) is 12.6. The van der Waals surface area contributed by atoms with E-state index < -0.39 is 0 Å². The summed E-state index contributed by atoms with van der Waals surface area (Å²) in [7, 11) is 0. The van der Waals surface area contributed by atoms with E-state index in [-0.39, 0.29) is 0 Å². The van der Waals surface area contributed by atoms with Gasteiger partial charge in [0.1, 0.15) is 0 Å². The van der Waals surface area contributed by atoms with E-state index in [2.05, 4.69) is 25.7 Å². The van der Waals surface area contributed by atoms with Crippen molar-refractivity contribution in [2.45, 2.75) is 65.3 Å². The summed E-state index contributed by atoms with van der Waals surface area (Å²) < 4.78 is 0. The van der Waals surface area contributed by atoms with E-state index in [1.165, 1.54) is 58.2 Å². The predicted molar refractivity (Wildman–Crippen MR) is 78.6 cm³/mol. The summed E-state index contributed by atoms with van der Waals surface area (Å²) in [4.78, 5) is 2.70. The molecule has 1 saturated carbocycles. The number of nitrogens with two attached hydrogens (primary N) is 1. The van der Waals surface area contributed by atoms with Gasteiger partial charge in [-0.3, -0.25) is 0 Å². The molecule has 0 radical (unpaired) electrons. The summed E-state index contributed by atoms with van der Waals surface area (Å²) in [5.74, 6) is 1.64. The highest BCUT2D eigenvalue weighted by Gasteiger charge is 2.37. The lowest BCUT2D eigenvalue weighted by molar-refractivity contribution is 0.163. The normalized spacial score (nSPS) is 37.0. The maximum atomic E-state index is 6.33. The van der Waals surface area contributed by atoms with Crippen LogP contribution in [-0.2, 0) is 0 Å². The number of nitrogens with zero attached hydrogens (tertiary/aromatic N) is 1. The van der Waals surface area contributed by atoms with E-state index in [1.54, 1.807) is 0 Å². The lowest BCUT2D eigenvalue weighted by Gasteiger charge is -2.35. The van der Waals surface area contributed by atoms with Gasteiger partial charge in [-0.1, -0.05) is 20.8 Å². The Hall–Kier alpha value is -0.0800. The van der Waals surface area contributed by atoms with E-state index in [0.717, 1.165) is 11.8 Å². The lowest BCUT2D eigenvalue weighted by atomic mass is 9.79. The van der Waals surface area contributed by atoms with Crippen LogP contribution in [0.1, 0.15) is 59.3 Å². The highest BCUT2D eigenvalue weighted by Crippen LogP contribution is 2.38. The molecule has 2 nitrogen and oxygen atoms in total. The molecule has 0 bridgehead atoms. The van der Waals surface area contributed by atoms with Crippen LogP contribution in [-0.4, -0.2) is 30.6 Å². The summed E-state index contributed by atoms with van der Waals surface area (Å²) in [6.07, 6.45) is 8.01. The fourth-order valence-electron chi connectivity index (χ4n) is 4.07. The molecule has 1 aliphatic heterocycles. The minimum Gasteiger partial charge on any atom is -0.327 e. The van der Waals surface area contributed by atoms with Gasteiger partial charge in [-0.15, -0.1) is 0 Å². The third-order valence-corrected chi connectivity index (χ3v) is 5.81. The molecule has 2 heteroatoms. The van der Waals surface area contributed by atoms with Gasteiger partial charge in [0.05, 0.1) is 0 Å². The van der Waals surface area contributed by atoms with Crippen LogP contribution >= 0.6 is 0 Å². The van der Waals surface area contributed by atoms with Crippen LogP contribution in [0.5, 0.6) is 0 Å². The van der Waals surface area contributed by atoms with Crippen molar-refractivity contribution >= 4 is 0 Å². The monoisotopic (exact) mass is 252 g/mol. The van der Waals surface area contributed by atoms with Crippen molar-refractivity contribution in [1.82, 2.24) is 4.90 Å². The van der Waals surface area contributed by atoms with Crippen LogP contribution in [0.2, 0.25) is 0 Å². The van der Waals surface area contributed by atoms with Gasteiger partial charge < -0.3 is 10.6 Å². The van der Waals surface area contributed by atoms with Gasteiger partial charge >= 0.3 is 0 Å². The Kier molecular flexibility index (Phi) is 4.71. The SMILES string of the molecule is CCC1(CC)CCN(CC2CC(C)CCC2N)C1. The van der Waals surface area contributed by atoms with Crippen LogP contribution in [0.3, 0.4) is 0 Å². The van der Waals surface area contributed by atoms with Crippen molar-refractivity contribution in [3.63, 3.8) is 0 Å². The highest BCUT2D eigenvalue weighted by molar-refractivity contribution is 4.91. The molecule has 0 spiro atoms. The van der Waals surface area contributed by atoms with E-state index in [4.69, 9.17) is 5.73 Å². The summed E-state index contributed by atoms with van der Waals surface area (Å²) >= 11 is 0.